The third-order valence-corrected chi connectivity index (χ3v) is 7.00. The summed E-state index contributed by atoms with van der Waals surface area (Å²) in [5.74, 6) is -2.40. The Balaban J connectivity index is 2.04. The van der Waals surface area contributed by atoms with Crippen LogP contribution < -0.4 is 10.2 Å². The molecule has 1 atom stereocenters. The first kappa shape index (κ1) is 22.7. The summed E-state index contributed by atoms with van der Waals surface area (Å²) in [5, 5.41) is 18.8. The van der Waals surface area contributed by atoms with E-state index in [0.717, 1.165) is 18.9 Å². The van der Waals surface area contributed by atoms with Crippen LogP contribution in [0.4, 0.5) is 0 Å². The molecule has 0 unspecified atom stereocenters. The second kappa shape index (κ2) is 9.42. The number of hydrogen-bond acceptors (Lipinski definition) is 5. The molecule has 2 aromatic carbocycles. The number of carbonyl (C=O) groups excluding carboxylic acids is 1. The Hall–Kier alpha value is -3.01. The van der Waals surface area contributed by atoms with Crippen molar-refractivity contribution in [2.45, 2.75) is 36.1 Å². The standard InChI is InChI=1S/C22H24N2O6S/c25-20(23-28)14-13-16-7-6-12-19(15-16)31(29,30)24-22(21(26)27,18-10-4-5-11-18)17-8-2-1-3-9-17/h1-3,6-9,12-15,18,24,28H,4-5,10-11H2,(H,23,25)(H,26,27)/t22-/m1/s1. The minimum Gasteiger partial charge on any atom is -0.480 e. The molecule has 1 amide bonds. The first-order valence-electron chi connectivity index (χ1n) is 9.84. The van der Waals surface area contributed by atoms with Crippen LogP contribution in [-0.4, -0.2) is 30.6 Å². The van der Waals surface area contributed by atoms with Crippen LogP contribution in [0.25, 0.3) is 6.08 Å². The number of amides is 1. The van der Waals surface area contributed by atoms with Crippen LogP contribution in [0.1, 0.15) is 36.8 Å². The van der Waals surface area contributed by atoms with Crippen molar-refractivity contribution in [3.8, 4) is 0 Å². The van der Waals surface area contributed by atoms with Gasteiger partial charge in [-0.05, 0) is 48.1 Å². The Morgan fingerprint density at radius 3 is 2.32 bits per heavy atom. The monoisotopic (exact) mass is 444 g/mol. The van der Waals surface area contributed by atoms with Gasteiger partial charge in [0.25, 0.3) is 5.91 Å². The number of hydroxylamine groups is 1. The third kappa shape index (κ3) is 4.84. The highest BCUT2D eigenvalue weighted by Gasteiger charge is 2.51. The second-order valence-electron chi connectivity index (χ2n) is 7.45. The minimum atomic E-state index is -4.23. The molecule has 0 saturated heterocycles. The first-order valence-corrected chi connectivity index (χ1v) is 11.3. The second-order valence-corrected chi connectivity index (χ2v) is 9.13. The largest absolute Gasteiger partial charge is 0.480 e. The van der Waals surface area contributed by atoms with E-state index in [2.05, 4.69) is 4.72 Å². The Kier molecular flexibility index (Phi) is 6.89. The quantitative estimate of drug-likeness (QED) is 0.281. The van der Waals surface area contributed by atoms with Crippen molar-refractivity contribution in [3.05, 3.63) is 71.8 Å². The molecule has 1 fully saturated rings. The predicted octanol–water partition coefficient (Wildman–Crippen LogP) is 2.65. The smallest absolute Gasteiger partial charge is 0.329 e. The van der Waals surface area contributed by atoms with Gasteiger partial charge in [0.15, 0.2) is 5.54 Å². The highest BCUT2D eigenvalue weighted by Crippen LogP contribution is 2.42. The molecular formula is C22H24N2O6S. The van der Waals surface area contributed by atoms with Crippen molar-refractivity contribution in [2.24, 2.45) is 5.92 Å². The maximum absolute atomic E-state index is 13.3. The number of carboxylic acids is 1. The van der Waals surface area contributed by atoms with Crippen molar-refractivity contribution >= 4 is 28.0 Å². The van der Waals surface area contributed by atoms with Crippen molar-refractivity contribution in [1.29, 1.82) is 0 Å². The molecule has 0 spiro atoms. The van der Waals surface area contributed by atoms with Crippen LogP contribution in [0.5, 0.6) is 0 Å². The Bertz CT molecular complexity index is 1080. The zero-order chi connectivity index (χ0) is 22.5. The number of carboxylic acid groups (broad SMARTS) is 1. The van der Waals surface area contributed by atoms with E-state index in [1.807, 2.05) is 0 Å². The number of nitrogens with one attached hydrogen (secondary N) is 2. The summed E-state index contributed by atoms with van der Waals surface area (Å²) in [6, 6.07) is 14.1. The van der Waals surface area contributed by atoms with Gasteiger partial charge in [0.1, 0.15) is 0 Å². The summed E-state index contributed by atoms with van der Waals surface area (Å²) in [5.41, 5.74) is 0.438. The first-order chi connectivity index (χ1) is 14.8. The normalized spacial score (nSPS) is 16.8. The van der Waals surface area contributed by atoms with Crippen LogP contribution in [0, 0.1) is 5.92 Å². The molecule has 2 aromatic rings. The highest BCUT2D eigenvalue weighted by molar-refractivity contribution is 7.89. The van der Waals surface area contributed by atoms with Gasteiger partial charge >= 0.3 is 5.97 Å². The Morgan fingerprint density at radius 2 is 1.71 bits per heavy atom. The molecule has 0 aromatic heterocycles. The van der Waals surface area contributed by atoms with Crippen LogP contribution in [0.2, 0.25) is 0 Å². The SMILES string of the molecule is O=C(C=Cc1cccc(S(=O)(=O)N[C@](C(=O)O)(c2ccccc2)C2CCCC2)c1)NO. The van der Waals surface area contributed by atoms with E-state index in [1.54, 1.807) is 36.4 Å². The van der Waals surface area contributed by atoms with Crippen LogP contribution in [0.15, 0.2) is 65.6 Å². The number of benzene rings is 2. The van der Waals surface area contributed by atoms with Crippen LogP contribution in [-0.2, 0) is 25.2 Å². The lowest BCUT2D eigenvalue weighted by Gasteiger charge is -2.36. The van der Waals surface area contributed by atoms with E-state index < -0.39 is 33.4 Å². The van der Waals surface area contributed by atoms with E-state index in [4.69, 9.17) is 5.21 Å². The lowest BCUT2D eigenvalue weighted by molar-refractivity contribution is -0.147. The molecule has 4 N–H and O–H groups in total. The van der Waals surface area contributed by atoms with E-state index >= 15 is 0 Å². The van der Waals surface area contributed by atoms with Gasteiger partial charge in [0, 0.05) is 6.08 Å². The number of sulfonamides is 1. The fourth-order valence-corrected chi connectivity index (χ4v) is 5.51. The summed E-state index contributed by atoms with van der Waals surface area (Å²) >= 11 is 0. The molecular weight excluding hydrogens is 420 g/mol. The predicted molar refractivity (Wildman–Crippen MR) is 113 cm³/mol. The summed E-state index contributed by atoms with van der Waals surface area (Å²) < 4.78 is 29.1. The molecule has 164 valence electrons. The van der Waals surface area contributed by atoms with E-state index in [1.165, 1.54) is 29.8 Å². The van der Waals surface area contributed by atoms with E-state index in [-0.39, 0.29) is 4.90 Å². The van der Waals surface area contributed by atoms with Gasteiger partial charge in [0.05, 0.1) is 4.90 Å². The van der Waals surface area contributed by atoms with Gasteiger partial charge in [0.2, 0.25) is 10.0 Å². The summed E-state index contributed by atoms with van der Waals surface area (Å²) in [6.45, 7) is 0. The lowest BCUT2D eigenvalue weighted by atomic mass is 9.78. The molecule has 1 aliphatic carbocycles. The Labute approximate surface area is 180 Å². The average molecular weight is 445 g/mol. The molecule has 0 radical (unpaired) electrons. The van der Waals surface area contributed by atoms with E-state index in [0.29, 0.717) is 24.0 Å². The fraction of sp³-hybridized carbons (Fsp3) is 0.273. The average Bonchev–Trinajstić information content (AvgIpc) is 3.31. The van der Waals surface area contributed by atoms with Gasteiger partial charge in [-0.15, -0.1) is 0 Å². The van der Waals surface area contributed by atoms with Crippen molar-refractivity contribution in [2.75, 3.05) is 0 Å². The fourth-order valence-electron chi connectivity index (χ4n) is 4.05. The lowest BCUT2D eigenvalue weighted by Crippen LogP contribution is -2.56. The summed E-state index contributed by atoms with van der Waals surface area (Å²) in [4.78, 5) is 23.7. The van der Waals surface area contributed by atoms with Gasteiger partial charge in [-0.3, -0.25) is 10.0 Å². The maximum Gasteiger partial charge on any atom is 0.329 e. The molecule has 0 heterocycles. The van der Waals surface area contributed by atoms with Crippen molar-refractivity contribution < 1.29 is 28.3 Å². The summed E-state index contributed by atoms with van der Waals surface area (Å²) in [7, 11) is -4.23. The topological polar surface area (TPSA) is 133 Å². The highest BCUT2D eigenvalue weighted by atomic mass is 32.2. The number of hydrogen-bond donors (Lipinski definition) is 4. The van der Waals surface area contributed by atoms with Crippen molar-refractivity contribution in [3.63, 3.8) is 0 Å². The van der Waals surface area contributed by atoms with Crippen LogP contribution >= 0.6 is 0 Å². The van der Waals surface area contributed by atoms with Gasteiger partial charge in [-0.1, -0.05) is 55.3 Å². The molecule has 3 rings (SSSR count). The maximum atomic E-state index is 13.3. The summed E-state index contributed by atoms with van der Waals surface area (Å²) in [6.07, 6.45) is 5.25. The zero-order valence-electron chi connectivity index (χ0n) is 16.7. The van der Waals surface area contributed by atoms with E-state index in [9.17, 15) is 23.1 Å². The molecule has 1 saturated carbocycles. The molecule has 0 aliphatic heterocycles. The molecule has 1 aliphatic rings. The molecule has 9 heteroatoms. The molecule has 0 bridgehead atoms. The molecule has 31 heavy (non-hydrogen) atoms. The minimum absolute atomic E-state index is 0.126. The van der Waals surface area contributed by atoms with Crippen LogP contribution in [0.3, 0.4) is 0 Å². The zero-order valence-corrected chi connectivity index (χ0v) is 17.5. The van der Waals surface area contributed by atoms with Crippen molar-refractivity contribution in [1.82, 2.24) is 10.2 Å². The number of aliphatic carboxylic acids is 1. The number of carbonyl (C=O) groups is 2. The third-order valence-electron chi connectivity index (χ3n) is 5.54. The van der Waals surface area contributed by atoms with Gasteiger partial charge in [-0.25, -0.2) is 18.7 Å². The van der Waals surface area contributed by atoms with Gasteiger partial charge < -0.3 is 5.11 Å². The Morgan fingerprint density at radius 1 is 1.03 bits per heavy atom. The number of rotatable bonds is 8. The molecule has 8 nitrogen and oxygen atoms in total. The van der Waals surface area contributed by atoms with Gasteiger partial charge in [-0.2, -0.15) is 4.72 Å².